The van der Waals surface area contributed by atoms with Crippen molar-refractivity contribution in [2.24, 2.45) is 0 Å². The van der Waals surface area contributed by atoms with Gasteiger partial charge in [0.15, 0.2) is 0 Å². The molecule has 0 spiro atoms. The molecule has 0 aliphatic carbocycles. The van der Waals surface area contributed by atoms with Crippen LogP contribution >= 0.6 is 11.3 Å². The molecular weight excluding hydrogens is 250 g/mol. The SMILES string of the molecule is N#Cc1cnccc1C=Cc1csc([N+](=O)[O-])c1. The molecule has 2 rings (SSSR count). The molecule has 0 aliphatic heterocycles. The third-order valence-corrected chi connectivity index (χ3v) is 3.11. The van der Waals surface area contributed by atoms with Gasteiger partial charge in [-0.05, 0) is 17.2 Å². The lowest BCUT2D eigenvalue weighted by Gasteiger charge is -1.94. The largest absolute Gasteiger partial charge is 0.324 e. The van der Waals surface area contributed by atoms with Crippen molar-refractivity contribution in [3.05, 3.63) is 56.7 Å². The molecule has 0 saturated carbocycles. The van der Waals surface area contributed by atoms with E-state index in [0.29, 0.717) is 5.56 Å². The second-order valence-corrected chi connectivity index (χ2v) is 4.27. The van der Waals surface area contributed by atoms with Gasteiger partial charge in [0, 0.05) is 23.8 Å². The first-order valence-electron chi connectivity index (χ1n) is 4.96. The minimum atomic E-state index is -0.421. The van der Waals surface area contributed by atoms with Crippen molar-refractivity contribution >= 4 is 28.5 Å². The quantitative estimate of drug-likeness (QED) is 0.625. The summed E-state index contributed by atoms with van der Waals surface area (Å²) in [5, 5.41) is 21.2. The molecule has 0 aliphatic rings. The Morgan fingerprint density at radius 2 is 2.33 bits per heavy atom. The molecule has 2 aromatic rings. The molecule has 88 valence electrons. The Labute approximate surface area is 107 Å². The Bertz CT molecular complexity index is 655. The van der Waals surface area contributed by atoms with E-state index in [1.807, 2.05) is 6.07 Å². The maximum atomic E-state index is 10.5. The van der Waals surface area contributed by atoms with Gasteiger partial charge in [-0.15, -0.1) is 0 Å². The van der Waals surface area contributed by atoms with Gasteiger partial charge in [-0.3, -0.25) is 15.1 Å². The molecule has 0 atom stereocenters. The van der Waals surface area contributed by atoms with E-state index in [1.54, 1.807) is 29.8 Å². The van der Waals surface area contributed by atoms with E-state index in [2.05, 4.69) is 4.98 Å². The highest BCUT2D eigenvalue weighted by atomic mass is 32.1. The molecule has 18 heavy (non-hydrogen) atoms. The zero-order chi connectivity index (χ0) is 13.0. The van der Waals surface area contributed by atoms with Crippen molar-refractivity contribution in [3.8, 4) is 6.07 Å². The number of nitrogens with zero attached hydrogens (tertiary/aromatic N) is 3. The average molecular weight is 257 g/mol. The Hall–Kier alpha value is -2.52. The van der Waals surface area contributed by atoms with Gasteiger partial charge in [-0.1, -0.05) is 23.5 Å². The number of nitro groups is 1. The lowest BCUT2D eigenvalue weighted by Crippen LogP contribution is -1.83. The van der Waals surface area contributed by atoms with Crippen LogP contribution in [0, 0.1) is 21.4 Å². The van der Waals surface area contributed by atoms with E-state index < -0.39 is 4.92 Å². The van der Waals surface area contributed by atoms with Crippen LogP contribution < -0.4 is 0 Å². The van der Waals surface area contributed by atoms with Crippen molar-refractivity contribution < 1.29 is 4.92 Å². The molecule has 5 nitrogen and oxygen atoms in total. The molecule has 0 bridgehead atoms. The van der Waals surface area contributed by atoms with Crippen molar-refractivity contribution in [1.82, 2.24) is 4.98 Å². The van der Waals surface area contributed by atoms with Gasteiger partial charge in [0.25, 0.3) is 0 Å². The molecule has 0 unspecified atom stereocenters. The summed E-state index contributed by atoms with van der Waals surface area (Å²) >= 11 is 1.08. The second kappa shape index (κ2) is 5.21. The molecule has 2 heterocycles. The highest BCUT2D eigenvalue weighted by Gasteiger charge is 2.07. The van der Waals surface area contributed by atoms with Crippen LogP contribution in [0.15, 0.2) is 29.9 Å². The predicted molar refractivity (Wildman–Crippen MR) is 68.9 cm³/mol. The van der Waals surface area contributed by atoms with Crippen LogP contribution in [0.25, 0.3) is 12.2 Å². The first-order chi connectivity index (χ1) is 8.70. The normalized spacial score (nSPS) is 10.4. The molecule has 0 saturated heterocycles. The maximum Gasteiger partial charge on any atom is 0.324 e. The van der Waals surface area contributed by atoms with Crippen molar-refractivity contribution in [1.29, 1.82) is 5.26 Å². The fourth-order valence-corrected chi connectivity index (χ4v) is 2.05. The lowest BCUT2D eigenvalue weighted by atomic mass is 10.1. The standard InChI is InChI=1S/C12H7N3O2S/c13-6-11-7-14-4-3-10(11)2-1-9-5-12(15(16)17)18-8-9/h1-5,7-8H. The van der Waals surface area contributed by atoms with Crippen LogP contribution in [0.2, 0.25) is 0 Å². The molecule has 0 radical (unpaired) electrons. The van der Waals surface area contributed by atoms with Crippen LogP contribution in [-0.4, -0.2) is 9.91 Å². The molecule has 0 amide bonds. The van der Waals surface area contributed by atoms with Crippen LogP contribution in [0.3, 0.4) is 0 Å². The summed E-state index contributed by atoms with van der Waals surface area (Å²) in [5.41, 5.74) is 1.95. The number of rotatable bonds is 3. The third-order valence-electron chi connectivity index (χ3n) is 2.22. The molecule has 0 N–H and O–H groups in total. The minimum Gasteiger partial charge on any atom is -0.263 e. The summed E-state index contributed by atoms with van der Waals surface area (Å²) in [6.07, 6.45) is 6.55. The number of nitriles is 1. The fourth-order valence-electron chi connectivity index (χ4n) is 1.35. The van der Waals surface area contributed by atoms with Crippen LogP contribution in [-0.2, 0) is 0 Å². The summed E-state index contributed by atoms with van der Waals surface area (Å²) in [6.45, 7) is 0. The lowest BCUT2D eigenvalue weighted by molar-refractivity contribution is -0.380. The second-order valence-electron chi connectivity index (χ2n) is 3.38. The summed E-state index contributed by atoms with van der Waals surface area (Å²) in [4.78, 5) is 14.0. The summed E-state index contributed by atoms with van der Waals surface area (Å²) in [6, 6.07) is 5.25. The van der Waals surface area contributed by atoms with E-state index in [9.17, 15) is 10.1 Å². The van der Waals surface area contributed by atoms with E-state index in [1.165, 1.54) is 12.3 Å². The van der Waals surface area contributed by atoms with Gasteiger partial charge in [-0.25, -0.2) is 0 Å². The van der Waals surface area contributed by atoms with Gasteiger partial charge in [0.2, 0.25) is 0 Å². The predicted octanol–water partition coefficient (Wildman–Crippen LogP) is 3.09. The summed E-state index contributed by atoms with van der Waals surface area (Å²) < 4.78 is 0. The molecule has 0 fully saturated rings. The number of thiophene rings is 1. The van der Waals surface area contributed by atoms with Crippen molar-refractivity contribution in [2.75, 3.05) is 0 Å². The zero-order valence-corrected chi connectivity index (χ0v) is 9.92. The van der Waals surface area contributed by atoms with E-state index in [0.717, 1.165) is 22.5 Å². The Kier molecular flexibility index (Phi) is 3.46. The third kappa shape index (κ3) is 2.59. The van der Waals surface area contributed by atoms with Gasteiger partial charge in [-0.2, -0.15) is 5.26 Å². The van der Waals surface area contributed by atoms with Crippen LogP contribution in [0.5, 0.6) is 0 Å². The number of aromatic nitrogens is 1. The first-order valence-corrected chi connectivity index (χ1v) is 5.84. The number of pyridine rings is 1. The molecule has 0 aromatic carbocycles. The van der Waals surface area contributed by atoms with Gasteiger partial charge in [0.1, 0.15) is 6.07 Å². The number of hydrogen-bond acceptors (Lipinski definition) is 5. The molecular formula is C12H7N3O2S. The van der Waals surface area contributed by atoms with E-state index >= 15 is 0 Å². The van der Waals surface area contributed by atoms with E-state index in [-0.39, 0.29) is 5.00 Å². The maximum absolute atomic E-state index is 10.5. The highest BCUT2D eigenvalue weighted by molar-refractivity contribution is 7.13. The smallest absolute Gasteiger partial charge is 0.263 e. The van der Waals surface area contributed by atoms with E-state index in [4.69, 9.17) is 5.26 Å². The Morgan fingerprint density at radius 3 is 3.00 bits per heavy atom. The summed E-state index contributed by atoms with van der Waals surface area (Å²) in [5.74, 6) is 0. The number of hydrogen-bond donors (Lipinski definition) is 0. The minimum absolute atomic E-state index is 0.102. The van der Waals surface area contributed by atoms with Crippen molar-refractivity contribution in [3.63, 3.8) is 0 Å². The van der Waals surface area contributed by atoms with Crippen LogP contribution in [0.1, 0.15) is 16.7 Å². The zero-order valence-electron chi connectivity index (χ0n) is 9.11. The average Bonchev–Trinajstić information content (AvgIpc) is 2.85. The Morgan fingerprint density at radius 1 is 1.50 bits per heavy atom. The summed E-state index contributed by atoms with van der Waals surface area (Å²) in [7, 11) is 0. The van der Waals surface area contributed by atoms with Crippen LogP contribution in [0.4, 0.5) is 5.00 Å². The topological polar surface area (TPSA) is 79.8 Å². The first kappa shape index (κ1) is 12.0. The van der Waals surface area contributed by atoms with Gasteiger partial charge >= 0.3 is 5.00 Å². The van der Waals surface area contributed by atoms with Gasteiger partial charge in [0.05, 0.1) is 10.5 Å². The highest BCUT2D eigenvalue weighted by Crippen LogP contribution is 2.24. The molecule has 2 aromatic heterocycles. The fraction of sp³-hybridized carbons (Fsp3) is 0. The molecule has 6 heteroatoms. The van der Waals surface area contributed by atoms with Crippen molar-refractivity contribution in [2.45, 2.75) is 0 Å². The monoisotopic (exact) mass is 257 g/mol. The van der Waals surface area contributed by atoms with Gasteiger partial charge < -0.3 is 0 Å². The Balaban J connectivity index is 2.25.